The molecule has 0 aromatic heterocycles. The van der Waals surface area contributed by atoms with E-state index in [1.165, 1.54) is 5.70 Å². The van der Waals surface area contributed by atoms with E-state index in [0.717, 1.165) is 25.9 Å². The van der Waals surface area contributed by atoms with Crippen molar-refractivity contribution in [1.82, 2.24) is 4.90 Å². The van der Waals surface area contributed by atoms with Crippen LogP contribution in [0.3, 0.4) is 0 Å². The Labute approximate surface area is 66.5 Å². The van der Waals surface area contributed by atoms with E-state index < -0.39 is 0 Å². The van der Waals surface area contributed by atoms with Crippen LogP contribution in [-0.4, -0.2) is 35.2 Å². The first-order chi connectivity index (χ1) is 5.23. The molecule has 1 atom stereocenters. The maximum Gasteiger partial charge on any atom is 0.0629 e. The SMILES string of the molecule is NC1(CO)CCN(C2=CC2)C1. The summed E-state index contributed by atoms with van der Waals surface area (Å²) in [6.45, 7) is 1.95. The quantitative estimate of drug-likeness (QED) is 0.572. The summed E-state index contributed by atoms with van der Waals surface area (Å²) < 4.78 is 0. The lowest BCUT2D eigenvalue weighted by molar-refractivity contribution is 0.200. The average Bonchev–Trinajstić information content (AvgIpc) is 2.77. The average molecular weight is 154 g/mol. The fourth-order valence-electron chi connectivity index (χ4n) is 1.57. The van der Waals surface area contributed by atoms with E-state index in [4.69, 9.17) is 10.8 Å². The lowest BCUT2D eigenvalue weighted by atomic mass is 10.0. The number of rotatable bonds is 2. The summed E-state index contributed by atoms with van der Waals surface area (Å²) in [5.41, 5.74) is 6.97. The van der Waals surface area contributed by atoms with E-state index in [2.05, 4.69) is 11.0 Å². The minimum Gasteiger partial charge on any atom is -0.394 e. The van der Waals surface area contributed by atoms with E-state index in [1.54, 1.807) is 0 Å². The lowest BCUT2D eigenvalue weighted by Crippen LogP contribution is -2.45. The van der Waals surface area contributed by atoms with Crippen LogP contribution in [0.5, 0.6) is 0 Å². The van der Waals surface area contributed by atoms with Crippen LogP contribution in [-0.2, 0) is 0 Å². The van der Waals surface area contributed by atoms with Gasteiger partial charge in [0, 0.05) is 25.2 Å². The first kappa shape index (κ1) is 7.13. The summed E-state index contributed by atoms with van der Waals surface area (Å²) in [6, 6.07) is 0. The maximum absolute atomic E-state index is 8.97. The number of nitrogens with two attached hydrogens (primary N) is 1. The molecule has 62 valence electrons. The summed E-state index contributed by atoms with van der Waals surface area (Å²) in [7, 11) is 0. The van der Waals surface area contributed by atoms with Crippen LogP contribution in [0.1, 0.15) is 12.8 Å². The summed E-state index contributed by atoms with van der Waals surface area (Å²) in [4.78, 5) is 2.27. The standard InChI is InChI=1S/C8H14N2O/c9-8(6-11)3-4-10(5-8)7-1-2-7/h1,11H,2-6,9H2. The second kappa shape index (κ2) is 2.22. The summed E-state index contributed by atoms with van der Waals surface area (Å²) >= 11 is 0. The van der Waals surface area contributed by atoms with Gasteiger partial charge in [-0.2, -0.15) is 0 Å². The summed E-state index contributed by atoms with van der Waals surface area (Å²) in [6.07, 6.45) is 4.24. The van der Waals surface area contributed by atoms with E-state index in [-0.39, 0.29) is 12.1 Å². The van der Waals surface area contributed by atoms with Crippen molar-refractivity contribution in [2.45, 2.75) is 18.4 Å². The second-order valence-electron chi connectivity index (χ2n) is 3.59. The minimum absolute atomic E-state index is 0.108. The zero-order chi connectivity index (χ0) is 7.90. The first-order valence-corrected chi connectivity index (χ1v) is 4.07. The van der Waals surface area contributed by atoms with Gasteiger partial charge in [0.1, 0.15) is 0 Å². The Bertz CT molecular complexity index is 202. The van der Waals surface area contributed by atoms with Crippen LogP contribution in [0.15, 0.2) is 11.8 Å². The largest absolute Gasteiger partial charge is 0.394 e. The van der Waals surface area contributed by atoms with Crippen LogP contribution < -0.4 is 5.73 Å². The fourth-order valence-corrected chi connectivity index (χ4v) is 1.57. The third kappa shape index (κ3) is 1.26. The molecule has 3 heteroatoms. The number of aliphatic hydroxyl groups excluding tert-OH is 1. The highest BCUT2D eigenvalue weighted by atomic mass is 16.3. The smallest absolute Gasteiger partial charge is 0.0629 e. The number of aliphatic hydroxyl groups is 1. The highest BCUT2D eigenvalue weighted by Crippen LogP contribution is 2.30. The lowest BCUT2D eigenvalue weighted by Gasteiger charge is -2.21. The van der Waals surface area contributed by atoms with Crippen molar-refractivity contribution in [3.8, 4) is 0 Å². The van der Waals surface area contributed by atoms with E-state index in [1.807, 2.05) is 0 Å². The van der Waals surface area contributed by atoms with E-state index >= 15 is 0 Å². The molecule has 0 aromatic rings. The Morgan fingerprint density at radius 3 is 2.91 bits per heavy atom. The van der Waals surface area contributed by atoms with Gasteiger partial charge in [-0.3, -0.25) is 0 Å². The maximum atomic E-state index is 8.97. The van der Waals surface area contributed by atoms with Crippen molar-refractivity contribution in [2.75, 3.05) is 19.7 Å². The fraction of sp³-hybridized carbons (Fsp3) is 0.750. The molecule has 3 N–H and O–H groups in total. The third-order valence-corrected chi connectivity index (χ3v) is 2.49. The van der Waals surface area contributed by atoms with Gasteiger partial charge in [-0.1, -0.05) is 6.08 Å². The molecule has 1 heterocycles. The zero-order valence-corrected chi connectivity index (χ0v) is 6.58. The molecule has 0 saturated carbocycles. The van der Waals surface area contributed by atoms with Crippen molar-refractivity contribution in [3.05, 3.63) is 11.8 Å². The number of hydrogen-bond acceptors (Lipinski definition) is 3. The van der Waals surface area contributed by atoms with Crippen LogP contribution in [0.2, 0.25) is 0 Å². The normalized spacial score (nSPS) is 35.8. The molecule has 1 aliphatic heterocycles. The Kier molecular flexibility index (Phi) is 1.44. The Morgan fingerprint density at radius 2 is 2.45 bits per heavy atom. The molecule has 1 fully saturated rings. The molecule has 0 aromatic carbocycles. The summed E-state index contributed by atoms with van der Waals surface area (Å²) in [5.74, 6) is 0. The van der Waals surface area contributed by atoms with Gasteiger partial charge in [-0.15, -0.1) is 0 Å². The molecule has 0 bridgehead atoms. The molecule has 0 spiro atoms. The van der Waals surface area contributed by atoms with Gasteiger partial charge >= 0.3 is 0 Å². The van der Waals surface area contributed by atoms with Crippen LogP contribution in [0.4, 0.5) is 0 Å². The molecular weight excluding hydrogens is 140 g/mol. The van der Waals surface area contributed by atoms with Gasteiger partial charge in [-0.05, 0) is 6.42 Å². The monoisotopic (exact) mass is 154 g/mol. The number of hydrogen-bond donors (Lipinski definition) is 2. The second-order valence-corrected chi connectivity index (χ2v) is 3.59. The molecule has 3 nitrogen and oxygen atoms in total. The molecule has 1 aliphatic carbocycles. The highest BCUT2D eigenvalue weighted by molar-refractivity contribution is 5.22. The molecule has 2 rings (SSSR count). The zero-order valence-electron chi connectivity index (χ0n) is 6.58. The first-order valence-electron chi connectivity index (χ1n) is 4.07. The Hall–Kier alpha value is -0.540. The van der Waals surface area contributed by atoms with Crippen molar-refractivity contribution in [2.24, 2.45) is 5.73 Å². The number of nitrogens with zero attached hydrogens (tertiary/aromatic N) is 1. The highest BCUT2D eigenvalue weighted by Gasteiger charge is 2.35. The van der Waals surface area contributed by atoms with Crippen molar-refractivity contribution in [1.29, 1.82) is 0 Å². The molecule has 1 unspecified atom stereocenters. The molecule has 0 radical (unpaired) electrons. The van der Waals surface area contributed by atoms with Gasteiger partial charge < -0.3 is 15.7 Å². The topological polar surface area (TPSA) is 49.5 Å². The van der Waals surface area contributed by atoms with Crippen molar-refractivity contribution < 1.29 is 5.11 Å². The molecule has 0 amide bonds. The molecule has 11 heavy (non-hydrogen) atoms. The Balaban J connectivity index is 1.97. The molecule has 1 saturated heterocycles. The number of allylic oxidation sites excluding steroid dienone is 2. The van der Waals surface area contributed by atoms with Crippen molar-refractivity contribution in [3.63, 3.8) is 0 Å². The van der Waals surface area contributed by atoms with Crippen molar-refractivity contribution >= 4 is 0 Å². The van der Waals surface area contributed by atoms with E-state index in [0.29, 0.717) is 0 Å². The van der Waals surface area contributed by atoms with Gasteiger partial charge in [0.25, 0.3) is 0 Å². The summed E-state index contributed by atoms with van der Waals surface area (Å²) in [5, 5.41) is 8.97. The molecular formula is C8H14N2O. The van der Waals surface area contributed by atoms with Crippen LogP contribution in [0, 0.1) is 0 Å². The Morgan fingerprint density at radius 1 is 1.73 bits per heavy atom. The van der Waals surface area contributed by atoms with Crippen LogP contribution in [0.25, 0.3) is 0 Å². The predicted molar refractivity (Wildman–Crippen MR) is 42.9 cm³/mol. The minimum atomic E-state index is -0.330. The third-order valence-electron chi connectivity index (χ3n) is 2.49. The molecule has 2 aliphatic rings. The van der Waals surface area contributed by atoms with E-state index in [9.17, 15) is 0 Å². The predicted octanol–water partition coefficient (Wildman–Crippen LogP) is -0.331. The van der Waals surface area contributed by atoms with Gasteiger partial charge in [-0.25, -0.2) is 0 Å². The van der Waals surface area contributed by atoms with Crippen LogP contribution >= 0.6 is 0 Å². The number of likely N-dealkylation sites (tertiary alicyclic amines) is 1. The van der Waals surface area contributed by atoms with Gasteiger partial charge in [0.2, 0.25) is 0 Å². The van der Waals surface area contributed by atoms with Gasteiger partial charge in [0.05, 0.1) is 12.1 Å². The van der Waals surface area contributed by atoms with Gasteiger partial charge in [0.15, 0.2) is 0 Å².